The highest BCUT2D eigenvalue weighted by Crippen LogP contribution is 2.33. The lowest BCUT2D eigenvalue weighted by Gasteiger charge is -2.17. The molecule has 0 saturated heterocycles. The minimum absolute atomic E-state index is 0. The molecule has 1 atom stereocenters. The van der Waals surface area contributed by atoms with Gasteiger partial charge in [-0.2, -0.15) is 0 Å². The van der Waals surface area contributed by atoms with E-state index in [0.717, 1.165) is 23.1 Å². The predicted octanol–water partition coefficient (Wildman–Crippen LogP) is 3.85. The number of nitrogens with two attached hydrogens (primary N) is 1. The maximum Gasteiger partial charge on any atom is 0.124 e. The first kappa shape index (κ1) is 14.6. The van der Waals surface area contributed by atoms with Gasteiger partial charge in [-0.1, -0.05) is 36.4 Å². The maximum atomic E-state index is 6.20. The van der Waals surface area contributed by atoms with Crippen LogP contribution in [-0.2, 0) is 0 Å². The van der Waals surface area contributed by atoms with E-state index >= 15 is 0 Å². The van der Waals surface area contributed by atoms with Gasteiger partial charge in [-0.3, -0.25) is 0 Å². The van der Waals surface area contributed by atoms with E-state index in [4.69, 9.17) is 10.5 Å². The van der Waals surface area contributed by atoms with Crippen LogP contribution in [0.3, 0.4) is 0 Å². The van der Waals surface area contributed by atoms with Gasteiger partial charge >= 0.3 is 0 Å². The van der Waals surface area contributed by atoms with Gasteiger partial charge in [-0.25, -0.2) is 0 Å². The van der Waals surface area contributed by atoms with E-state index in [1.54, 1.807) is 7.11 Å². The van der Waals surface area contributed by atoms with Crippen molar-refractivity contribution in [3.63, 3.8) is 0 Å². The van der Waals surface area contributed by atoms with Gasteiger partial charge in [-0.05, 0) is 23.3 Å². The fourth-order valence-electron chi connectivity index (χ4n) is 2.13. The molecule has 0 amide bonds. The molecule has 0 saturated carbocycles. The molecular weight excluding hydrogens is 246 g/mol. The lowest BCUT2D eigenvalue weighted by atomic mass is 9.96. The Morgan fingerprint density at radius 1 is 1.28 bits per heavy atom. The molecule has 2 rings (SSSR count). The van der Waals surface area contributed by atoms with Crippen LogP contribution in [0.1, 0.15) is 18.0 Å². The second-order valence-corrected chi connectivity index (χ2v) is 4.03. The molecule has 2 N–H and O–H groups in total. The van der Waals surface area contributed by atoms with Gasteiger partial charge in [0.25, 0.3) is 0 Å². The summed E-state index contributed by atoms with van der Waals surface area (Å²) in [4.78, 5) is 0. The summed E-state index contributed by atoms with van der Waals surface area (Å²) in [5, 5.41) is 2.34. The van der Waals surface area contributed by atoms with Gasteiger partial charge in [0, 0.05) is 11.6 Å². The Kier molecular flexibility index (Phi) is 5.20. The van der Waals surface area contributed by atoms with Crippen LogP contribution in [-0.4, -0.2) is 7.11 Å². The van der Waals surface area contributed by atoms with E-state index in [1.165, 1.54) is 5.39 Å². The number of hydrogen-bond acceptors (Lipinski definition) is 2. The average Bonchev–Trinajstić information content (AvgIpc) is 2.37. The Bertz CT molecular complexity index is 539. The van der Waals surface area contributed by atoms with Crippen LogP contribution in [0.2, 0.25) is 0 Å². The molecule has 0 aliphatic carbocycles. The van der Waals surface area contributed by atoms with Crippen molar-refractivity contribution in [3.05, 3.63) is 54.6 Å². The molecule has 18 heavy (non-hydrogen) atoms. The van der Waals surface area contributed by atoms with Crippen molar-refractivity contribution in [2.24, 2.45) is 5.73 Å². The van der Waals surface area contributed by atoms with Gasteiger partial charge in [0.15, 0.2) is 0 Å². The van der Waals surface area contributed by atoms with Crippen molar-refractivity contribution >= 4 is 23.2 Å². The van der Waals surface area contributed by atoms with Gasteiger partial charge in [-0.15, -0.1) is 19.0 Å². The standard InChI is InChI=1S/C15H17NO.ClH/c1-3-6-13(16)15-12-8-5-4-7-11(12)9-10-14(15)17-2;/h3-5,7-10,13H,1,6,16H2,2H3;1H/t13-;/m1./s1. The number of methoxy groups -OCH3 is 1. The van der Waals surface area contributed by atoms with Gasteiger partial charge in [0.1, 0.15) is 5.75 Å². The van der Waals surface area contributed by atoms with Crippen LogP contribution in [0.5, 0.6) is 5.75 Å². The third kappa shape index (κ3) is 2.66. The number of fused-ring (bicyclic) bond motifs is 1. The Balaban J connectivity index is 0.00000162. The largest absolute Gasteiger partial charge is 0.496 e. The zero-order chi connectivity index (χ0) is 12.3. The monoisotopic (exact) mass is 263 g/mol. The molecule has 0 aliphatic heterocycles. The van der Waals surface area contributed by atoms with Crippen molar-refractivity contribution in [2.75, 3.05) is 7.11 Å². The maximum absolute atomic E-state index is 6.20. The first-order chi connectivity index (χ1) is 8.27. The zero-order valence-corrected chi connectivity index (χ0v) is 11.2. The molecule has 2 aromatic carbocycles. The number of ether oxygens (including phenoxy) is 1. The lowest BCUT2D eigenvalue weighted by molar-refractivity contribution is 0.407. The molecule has 0 bridgehead atoms. The number of benzene rings is 2. The number of hydrogen-bond donors (Lipinski definition) is 1. The van der Waals surface area contributed by atoms with E-state index < -0.39 is 0 Å². The van der Waals surface area contributed by atoms with Crippen molar-refractivity contribution < 1.29 is 4.74 Å². The van der Waals surface area contributed by atoms with E-state index in [-0.39, 0.29) is 18.4 Å². The fourth-order valence-corrected chi connectivity index (χ4v) is 2.13. The molecule has 0 spiro atoms. The van der Waals surface area contributed by atoms with E-state index in [0.29, 0.717) is 0 Å². The second-order valence-electron chi connectivity index (χ2n) is 4.03. The quantitative estimate of drug-likeness (QED) is 0.851. The molecule has 96 valence electrons. The van der Waals surface area contributed by atoms with E-state index in [1.807, 2.05) is 24.3 Å². The van der Waals surface area contributed by atoms with E-state index in [9.17, 15) is 0 Å². The SMILES string of the molecule is C=CC[C@@H](N)c1c(OC)ccc2ccccc12.Cl. The summed E-state index contributed by atoms with van der Waals surface area (Å²) in [6.07, 6.45) is 2.58. The third-order valence-corrected chi connectivity index (χ3v) is 2.94. The summed E-state index contributed by atoms with van der Waals surface area (Å²) in [6.45, 7) is 3.74. The number of halogens is 1. The molecule has 0 radical (unpaired) electrons. The van der Waals surface area contributed by atoms with Crippen molar-refractivity contribution in [2.45, 2.75) is 12.5 Å². The molecule has 0 aromatic heterocycles. The Labute approximate surface area is 114 Å². The molecule has 2 aromatic rings. The molecule has 0 heterocycles. The Hall–Kier alpha value is -1.51. The smallest absolute Gasteiger partial charge is 0.124 e. The molecule has 0 fully saturated rings. The van der Waals surface area contributed by atoms with Crippen LogP contribution in [0, 0.1) is 0 Å². The van der Waals surface area contributed by atoms with Gasteiger partial charge in [0.2, 0.25) is 0 Å². The van der Waals surface area contributed by atoms with Crippen LogP contribution in [0.4, 0.5) is 0 Å². The highest BCUT2D eigenvalue weighted by Gasteiger charge is 2.14. The minimum atomic E-state index is -0.0754. The fraction of sp³-hybridized carbons (Fsp3) is 0.200. The van der Waals surface area contributed by atoms with Gasteiger partial charge in [0.05, 0.1) is 7.11 Å². The molecule has 2 nitrogen and oxygen atoms in total. The van der Waals surface area contributed by atoms with Crippen LogP contribution < -0.4 is 10.5 Å². The highest BCUT2D eigenvalue weighted by atomic mass is 35.5. The molecular formula is C15H18ClNO. The summed E-state index contributed by atoms with van der Waals surface area (Å²) in [7, 11) is 1.67. The van der Waals surface area contributed by atoms with Gasteiger partial charge < -0.3 is 10.5 Å². The van der Waals surface area contributed by atoms with Crippen molar-refractivity contribution in [1.82, 2.24) is 0 Å². The number of rotatable bonds is 4. The van der Waals surface area contributed by atoms with Crippen molar-refractivity contribution in [3.8, 4) is 5.75 Å². The Morgan fingerprint density at radius 3 is 2.67 bits per heavy atom. The summed E-state index contributed by atoms with van der Waals surface area (Å²) in [6, 6.07) is 12.2. The van der Waals surface area contributed by atoms with E-state index in [2.05, 4.69) is 24.8 Å². The normalized spacial score (nSPS) is 11.7. The zero-order valence-electron chi connectivity index (χ0n) is 10.4. The third-order valence-electron chi connectivity index (χ3n) is 2.94. The second kappa shape index (κ2) is 6.43. The van der Waals surface area contributed by atoms with Crippen molar-refractivity contribution in [1.29, 1.82) is 0 Å². The minimum Gasteiger partial charge on any atom is -0.496 e. The lowest BCUT2D eigenvalue weighted by Crippen LogP contribution is -2.11. The Morgan fingerprint density at radius 2 is 2.00 bits per heavy atom. The summed E-state index contributed by atoms with van der Waals surface area (Å²) >= 11 is 0. The van der Waals surface area contributed by atoms with Crippen LogP contribution in [0.15, 0.2) is 49.1 Å². The predicted molar refractivity (Wildman–Crippen MR) is 79.5 cm³/mol. The average molecular weight is 264 g/mol. The molecule has 0 aliphatic rings. The molecule has 0 unspecified atom stereocenters. The summed E-state index contributed by atoms with van der Waals surface area (Å²) < 4.78 is 5.41. The van der Waals surface area contributed by atoms with Crippen LogP contribution >= 0.6 is 12.4 Å². The highest BCUT2D eigenvalue weighted by molar-refractivity contribution is 5.88. The van der Waals surface area contributed by atoms with Crippen LogP contribution in [0.25, 0.3) is 10.8 Å². The topological polar surface area (TPSA) is 35.2 Å². The first-order valence-electron chi connectivity index (χ1n) is 5.70. The first-order valence-corrected chi connectivity index (χ1v) is 5.70. The summed E-state index contributed by atoms with van der Waals surface area (Å²) in [5.74, 6) is 0.845. The molecule has 3 heteroatoms. The summed E-state index contributed by atoms with van der Waals surface area (Å²) in [5.41, 5.74) is 7.26.